The van der Waals surface area contributed by atoms with E-state index in [4.69, 9.17) is 4.74 Å². The topological polar surface area (TPSA) is 21.3 Å². The molecule has 2 rings (SSSR count). The quantitative estimate of drug-likeness (QED) is 0.824. The van der Waals surface area contributed by atoms with Crippen molar-refractivity contribution < 1.29 is 4.74 Å². The second-order valence-electron chi connectivity index (χ2n) is 4.87. The van der Waals surface area contributed by atoms with Crippen molar-refractivity contribution in [3.63, 3.8) is 0 Å². The van der Waals surface area contributed by atoms with Gasteiger partial charge in [0.1, 0.15) is 0 Å². The van der Waals surface area contributed by atoms with Crippen molar-refractivity contribution in [2.24, 2.45) is 0 Å². The highest BCUT2D eigenvalue weighted by Gasteiger charge is 2.19. The van der Waals surface area contributed by atoms with Crippen molar-refractivity contribution in [2.75, 3.05) is 11.9 Å². The predicted molar refractivity (Wildman–Crippen MR) is 68.0 cm³/mol. The minimum atomic E-state index is 0.386. The fourth-order valence-electron chi connectivity index (χ4n) is 2.32. The van der Waals surface area contributed by atoms with Crippen LogP contribution in [0.2, 0.25) is 0 Å². The van der Waals surface area contributed by atoms with E-state index in [-0.39, 0.29) is 0 Å². The molecular weight excluding hydrogens is 198 g/mol. The van der Waals surface area contributed by atoms with Crippen molar-refractivity contribution in [1.29, 1.82) is 0 Å². The molecule has 16 heavy (non-hydrogen) atoms. The number of anilines is 1. The molecule has 1 aromatic rings. The average molecular weight is 219 g/mol. The normalized spacial score (nSPS) is 25.4. The third kappa shape index (κ3) is 2.76. The van der Waals surface area contributed by atoms with Crippen molar-refractivity contribution in [2.45, 2.75) is 45.8 Å². The monoisotopic (exact) mass is 219 g/mol. The Hall–Kier alpha value is -1.02. The molecule has 0 radical (unpaired) electrons. The fourth-order valence-corrected chi connectivity index (χ4v) is 2.32. The molecule has 0 amide bonds. The third-order valence-corrected chi connectivity index (χ3v) is 3.23. The van der Waals surface area contributed by atoms with E-state index in [0.29, 0.717) is 12.1 Å². The zero-order valence-electron chi connectivity index (χ0n) is 10.4. The van der Waals surface area contributed by atoms with Gasteiger partial charge in [0, 0.05) is 18.3 Å². The van der Waals surface area contributed by atoms with Crippen LogP contribution in [0.15, 0.2) is 18.2 Å². The van der Waals surface area contributed by atoms with Crippen LogP contribution in [0.1, 0.15) is 30.9 Å². The molecule has 0 saturated carbocycles. The van der Waals surface area contributed by atoms with Gasteiger partial charge in [-0.25, -0.2) is 0 Å². The molecule has 1 fully saturated rings. The molecule has 1 aromatic carbocycles. The number of rotatable bonds is 2. The maximum atomic E-state index is 5.56. The fraction of sp³-hybridized carbons (Fsp3) is 0.571. The summed E-state index contributed by atoms with van der Waals surface area (Å²) in [6.07, 6.45) is 2.60. The molecule has 2 atom stereocenters. The standard InChI is InChI=1S/C14H21NO/c1-10-4-5-14(11(2)8-10)15-13-6-7-16-12(3)9-13/h4-5,8,12-13,15H,6-7,9H2,1-3H3. The van der Waals surface area contributed by atoms with Gasteiger partial charge < -0.3 is 10.1 Å². The number of ether oxygens (including phenoxy) is 1. The van der Waals surface area contributed by atoms with Crippen molar-refractivity contribution >= 4 is 5.69 Å². The van der Waals surface area contributed by atoms with Gasteiger partial charge >= 0.3 is 0 Å². The SMILES string of the molecule is Cc1ccc(NC2CCOC(C)C2)c(C)c1. The molecule has 0 aliphatic carbocycles. The summed E-state index contributed by atoms with van der Waals surface area (Å²) >= 11 is 0. The first-order chi connectivity index (χ1) is 7.65. The van der Waals surface area contributed by atoms with Crippen molar-refractivity contribution in [1.82, 2.24) is 0 Å². The van der Waals surface area contributed by atoms with Crippen LogP contribution in [-0.4, -0.2) is 18.8 Å². The molecule has 0 aromatic heterocycles. The number of hydrogen-bond donors (Lipinski definition) is 1. The van der Waals surface area contributed by atoms with E-state index < -0.39 is 0 Å². The smallest absolute Gasteiger partial charge is 0.0566 e. The van der Waals surface area contributed by atoms with Gasteiger partial charge in [-0.3, -0.25) is 0 Å². The lowest BCUT2D eigenvalue weighted by atomic mass is 10.0. The first-order valence-electron chi connectivity index (χ1n) is 6.10. The van der Waals surface area contributed by atoms with Crippen LogP contribution < -0.4 is 5.32 Å². The number of aryl methyl sites for hydroxylation is 2. The number of nitrogens with one attached hydrogen (secondary N) is 1. The molecule has 1 heterocycles. The van der Waals surface area contributed by atoms with E-state index in [1.165, 1.54) is 16.8 Å². The minimum Gasteiger partial charge on any atom is -0.382 e. The summed E-state index contributed by atoms with van der Waals surface area (Å²) in [7, 11) is 0. The molecular formula is C14H21NO. The predicted octanol–water partition coefficient (Wildman–Crippen LogP) is 3.28. The number of benzene rings is 1. The summed E-state index contributed by atoms with van der Waals surface area (Å²) in [5.41, 5.74) is 3.92. The van der Waals surface area contributed by atoms with Crippen LogP contribution >= 0.6 is 0 Å². The largest absolute Gasteiger partial charge is 0.382 e. The summed E-state index contributed by atoms with van der Waals surface area (Å²) in [6.45, 7) is 7.32. The lowest BCUT2D eigenvalue weighted by Crippen LogP contribution is -2.32. The van der Waals surface area contributed by atoms with Crippen LogP contribution in [0.5, 0.6) is 0 Å². The Morgan fingerprint density at radius 3 is 2.81 bits per heavy atom. The average Bonchev–Trinajstić information content (AvgIpc) is 2.22. The van der Waals surface area contributed by atoms with E-state index in [9.17, 15) is 0 Å². The first-order valence-corrected chi connectivity index (χ1v) is 6.10. The zero-order chi connectivity index (χ0) is 11.5. The van der Waals surface area contributed by atoms with Crippen LogP contribution in [0, 0.1) is 13.8 Å². The van der Waals surface area contributed by atoms with Gasteiger partial charge in [0.15, 0.2) is 0 Å². The van der Waals surface area contributed by atoms with Crippen LogP contribution in [-0.2, 0) is 4.74 Å². The Balaban J connectivity index is 2.02. The van der Waals surface area contributed by atoms with Crippen molar-refractivity contribution in [3.8, 4) is 0 Å². The highest BCUT2D eigenvalue weighted by atomic mass is 16.5. The molecule has 88 valence electrons. The molecule has 0 spiro atoms. The summed E-state index contributed by atoms with van der Waals surface area (Å²) in [4.78, 5) is 0. The first kappa shape index (κ1) is 11.5. The van der Waals surface area contributed by atoms with Crippen LogP contribution in [0.3, 0.4) is 0 Å². The van der Waals surface area contributed by atoms with Gasteiger partial charge in [0.2, 0.25) is 0 Å². The maximum Gasteiger partial charge on any atom is 0.0566 e. The molecule has 2 heteroatoms. The minimum absolute atomic E-state index is 0.386. The van der Waals surface area contributed by atoms with Gasteiger partial charge in [-0.15, -0.1) is 0 Å². The number of hydrogen-bond acceptors (Lipinski definition) is 2. The Bertz CT molecular complexity index is 362. The Labute approximate surface area is 98.0 Å². The molecule has 0 bridgehead atoms. The molecule has 1 saturated heterocycles. The van der Waals surface area contributed by atoms with Crippen LogP contribution in [0.4, 0.5) is 5.69 Å². The zero-order valence-corrected chi connectivity index (χ0v) is 10.4. The maximum absolute atomic E-state index is 5.56. The summed E-state index contributed by atoms with van der Waals surface area (Å²) in [5.74, 6) is 0. The van der Waals surface area contributed by atoms with Gasteiger partial charge in [-0.2, -0.15) is 0 Å². The highest BCUT2D eigenvalue weighted by molar-refractivity contribution is 5.52. The summed E-state index contributed by atoms with van der Waals surface area (Å²) < 4.78 is 5.56. The van der Waals surface area contributed by atoms with Crippen molar-refractivity contribution in [3.05, 3.63) is 29.3 Å². The highest BCUT2D eigenvalue weighted by Crippen LogP contribution is 2.21. The van der Waals surface area contributed by atoms with E-state index in [1.54, 1.807) is 0 Å². The summed E-state index contributed by atoms with van der Waals surface area (Å²) in [6, 6.07) is 7.14. The summed E-state index contributed by atoms with van der Waals surface area (Å²) in [5, 5.41) is 3.63. The lowest BCUT2D eigenvalue weighted by Gasteiger charge is -2.29. The molecule has 2 unspecified atom stereocenters. The van der Waals surface area contributed by atoms with E-state index >= 15 is 0 Å². The molecule has 1 N–H and O–H groups in total. The van der Waals surface area contributed by atoms with Gasteiger partial charge in [0.25, 0.3) is 0 Å². The van der Waals surface area contributed by atoms with E-state index in [2.05, 4.69) is 44.3 Å². The Morgan fingerprint density at radius 1 is 1.31 bits per heavy atom. The van der Waals surface area contributed by atoms with Gasteiger partial charge in [-0.05, 0) is 45.2 Å². The van der Waals surface area contributed by atoms with E-state index in [0.717, 1.165) is 19.4 Å². The second kappa shape index (κ2) is 4.88. The van der Waals surface area contributed by atoms with Gasteiger partial charge in [0.05, 0.1) is 6.10 Å². The molecule has 1 aliphatic rings. The molecule has 2 nitrogen and oxygen atoms in total. The second-order valence-corrected chi connectivity index (χ2v) is 4.87. The Morgan fingerprint density at radius 2 is 2.12 bits per heavy atom. The molecule has 1 aliphatic heterocycles. The van der Waals surface area contributed by atoms with E-state index in [1.807, 2.05) is 0 Å². The third-order valence-electron chi connectivity index (χ3n) is 3.23. The Kier molecular flexibility index (Phi) is 3.49. The van der Waals surface area contributed by atoms with Gasteiger partial charge in [-0.1, -0.05) is 17.7 Å². The lowest BCUT2D eigenvalue weighted by molar-refractivity contribution is 0.0232. The van der Waals surface area contributed by atoms with Crippen LogP contribution in [0.25, 0.3) is 0 Å².